The van der Waals surface area contributed by atoms with E-state index in [-0.39, 0.29) is 18.7 Å². The predicted molar refractivity (Wildman–Crippen MR) is 61.6 cm³/mol. The highest BCUT2D eigenvalue weighted by molar-refractivity contribution is 6.15. The molecule has 0 N–H and O–H groups in total. The van der Waals surface area contributed by atoms with Crippen LogP contribution in [0, 0.1) is 0 Å². The molecule has 1 heterocycles. The van der Waals surface area contributed by atoms with Gasteiger partial charge >= 0.3 is 12.2 Å². The average molecular weight is 272 g/mol. The topological polar surface area (TPSA) is 40.6 Å². The summed E-state index contributed by atoms with van der Waals surface area (Å²) >= 11 is 0. The number of benzene rings is 1. The fourth-order valence-corrected chi connectivity index (χ4v) is 1.82. The molecule has 1 fully saturated rings. The number of carbonyl (C=O) groups excluding carboxylic acids is 2. The van der Waals surface area contributed by atoms with E-state index in [0.717, 1.165) is 17.0 Å². The number of amides is 3. The number of anilines is 1. The van der Waals surface area contributed by atoms with Crippen LogP contribution in [0.2, 0.25) is 0 Å². The van der Waals surface area contributed by atoms with Crippen LogP contribution < -0.4 is 4.90 Å². The monoisotopic (exact) mass is 272 g/mol. The summed E-state index contributed by atoms with van der Waals surface area (Å²) in [6, 6.07) is 3.56. The first-order valence-corrected chi connectivity index (χ1v) is 5.56. The molecule has 0 unspecified atom stereocenters. The quantitative estimate of drug-likeness (QED) is 0.788. The van der Waals surface area contributed by atoms with Gasteiger partial charge in [-0.1, -0.05) is 6.07 Å². The fraction of sp³-hybridized carbons (Fsp3) is 0.333. The molecule has 1 aromatic rings. The molecule has 0 spiro atoms. The summed E-state index contributed by atoms with van der Waals surface area (Å²) in [5.74, 6) is -0.498. The molecule has 19 heavy (non-hydrogen) atoms. The number of imide groups is 1. The second-order valence-electron chi connectivity index (χ2n) is 4.23. The van der Waals surface area contributed by atoms with Gasteiger partial charge < -0.3 is 4.90 Å². The summed E-state index contributed by atoms with van der Waals surface area (Å²) in [6.45, 7) is 0.271. The molecular weight excluding hydrogens is 261 g/mol. The molecule has 1 aliphatic heterocycles. The van der Waals surface area contributed by atoms with Crippen LogP contribution in [-0.2, 0) is 11.0 Å². The minimum atomic E-state index is -4.51. The highest BCUT2D eigenvalue weighted by Gasteiger charge is 2.34. The maximum Gasteiger partial charge on any atom is 0.416 e. The molecule has 1 aromatic carbocycles. The van der Waals surface area contributed by atoms with Crippen LogP contribution in [0.5, 0.6) is 0 Å². The molecule has 0 bridgehead atoms. The van der Waals surface area contributed by atoms with Gasteiger partial charge in [0.1, 0.15) is 0 Å². The van der Waals surface area contributed by atoms with E-state index < -0.39 is 23.7 Å². The molecule has 0 saturated carbocycles. The Balaban J connectivity index is 2.40. The molecule has 7 heteroatoms. The van der Waals surface area contributed by atoms with Crippen LogP contribution in [0.4, 0.5) is 23.7 Å². The molecule has 3 amide bonds. The molecule has 102 valence electrons. The maximum absolute atomic E-state index is 12.6. The van der Waals surface area contributed by atoms with Gasteiger partial charge in [0.05, 0.1) is 11.3 Å². The number of alkyl halides is 3. The van der Waals surface area contributed by atoms with Crippen molar-refractivity contribution in [1.82, 2.24) is 4.90 Å². The zero-order chi connectivity index (χ0) is 14.2. The Labute approximate surface area is 107 Å². The van der Waals surface area contributed by atoms with Gasteiger partial charge in [0, 0.05) is 20.0 Å². The van der Waals surface area contributed by atoms with Crippen LogP contribution >= 0.6 is 0 Å². The average Bonchev–Trinajstić information content (AvgIpc) is 2.34. The Morgan fingerprint density at radius 3 is 2.53 bits per heavy atom. The molecule has 1 saturated heterocycles. The minimum Gasteiger partial charge on any atom is -0.327 e. The van der Waals surface area contributed by atoms with Crippen molar-refractivity contribution in [2.45, 2.75) is 12.6 Å². The van der Waals surface area contributed by atoms with Crippen LogP contribution in [-0.4, -0.2) is 30.4 Å². The lowest BCUT2D eigenvalue weighted by molar-refractivity contribution is -0.137. The number of carbonyl (C=O) groups is 2. The lowest BCUT2D eigenvalue weighted by Gasteiger charge is -2.31. The first kappa shape index (κ1) is 13.4. The Morgan fingerprint density at radius 2 is 1.89 bits per heavy atom. The van der Waals surface area contributed by atoms with E-state index in [1.807, 2.05) is 0 Å². The van der Waals surface area contributed by atoms with E-state index >= 15 is 0 Å². The number of urea groups is 1. The maximum atomic E-state index is 12.6. The summed E-state index contributed by atoms with van der Waals surface area (Å²) < 4.78 is 37.8. The Kier molecular flexibility index (Phi) is 3.21. The van der Waals surface area contributed by atoms with Gasteiger partial charge in [0.25, 0.3) is 0 Å². The van der Waals surface area contributed by atoms with E-state index in [0.29, 0.717) is 0 Å². The third kappa shape index (κ3) is 2.54. The third-order valence-corrected chi connectivity index (χ3v) is 2.86. The summed E-state index contributed by atoms with van der Waals surface area (Å²) in [5, 5.41) is 0. The Morgan fingerprint density at radius 1 is 1.21 bits per heavy atom. The van der Waals surface area contributed by atoms with Crippen molar-refractivity contribution in [3.8, 4) is 0 Å². The number of hydrogen-bond donors (Lipinski definition) is 0. The van der Waals surface area contributed by atoms with Crippen molar-refractivity contribution >= 4 is 17.6 Å². The van der Waals surface area contributed by atoms with Gasteiger partial charge in [-0.3, -0.25) is 4.79 Å². The lowest BCUT2D eigenvalue weighted by Crippen LogP contribution is -2.50. The highest BCUT2D eigenvalue weighted by atomic mass is 19.4. The van der Waals surface area contributed by atoms with Crippen molar-refractivity contribution in [3.63, 3.8) is 0 Å². The van der Waals surface area contributed by atoms with E-state index in [4.69, 9.17) is 0 Å². The van der Waals surface area contributed by atoms with Gasteiger partial charge in [0.15, 0.2) is 0 Å². The van der Waals surface area contributed by atoms with E-state index in [1.165, 1.54) is 24.1 Å². The van der Waals surface area contributed by atoms with Gasteiger partial charge in [0.2, 0.25) is 5.91 Å². The zero-order valence-electron chi connectivity index (χ0n) is 10.1. The molecule has 0 aliphatic carbocycles. The van der Waals surface area contributed by atoms with Crippen molar-refractivity contribution < 1.29 is 22.8 Å². The largest absolute Gasteiger partial charge is 0.416 e. The van der Waals surface area contributed by atoms with Gasteiger partial charge in [-0.2, -0.15) is 13.2 Å². The van der Waals surface area contributed by atoms with Crippen molar-refractivity contribution in [2.24, 2.45) is 0 Å². The van der Waals surface area contributed by atoms with Gasteiger partial charge in [-0.15, -0.1) is 0 Å². The number of rotatable bonds is 1. The molecule has 0 radical (unpaired) electrons. The van der Waals surface area contributed by atoms with Crippen LogP contribution in [0.15, 0.2) is 24.3 Å². The van der Waals surface area contributed by atoms with Crippen molar-refractivity contribution in [3.05, 3.63) is 29.8 Å². The van der Waals surface area contributed by atoms with Crippen LogP contribution in [0.25, 0.3) is 0 Å². The van der Waals surface area contributed by atoms with E-state index in [9.17, 15) is 22.8 Å². The van der Waals surface area contributed by atoms with Crippen LogP contribution in [0.1, 0.15) is 12.0 Å². The normalized spacial score (nSPS) is 17.1. The summed E-state index contributed by atoms with van der Waals surface area (Å²) in [6.07, 6.45) is -4.41. The summed E-state index contributed by atoms with van der Waals surface area (Å²) in [4.78, 5) is 25.6. The van der Waals surface area contributed by atoms with E-state index in [1.54, 1.807) is 0 Å². The Hall–Kier alpha value is -2.05. The molecule has 0 aromatic heterocycles. The summed E-state index contributed by atoms with van der Waals surface area (Å²) in [7, 11) is 1.50. The Bertz CT molecular complexity index is 528. The SMILES string of the molecule is CN1CCC(=O)N(c2cccc(C(F)(F)F)c2)C1=O. The van der Waals surface area contributed by atoms with Crippen LogP contribution in [0.3, 0.4) is 0 Å². The standard InChI is InChI=1S/C12H11F3N2O2/c1-16-6-5-10(18)17(11(16)19)9-4-2-3-8(7-9)12(13,14)15/h2-4,7H,5-6H2,1H3. The third-order valence-electron chi connectivity index (χ3n) is 2.86. The second-order valence-corrected chi connectivity index (χ2v) is 4.23. The second kappa shape index (κ2) is 4.56. The summed E-state index contributed by atoms with van der Waals surface area (Å²) in [5.41, 5.74) is -0.949. The molecule has 4 nitrogen and oxygen atoms in total. The number of halogens is 3. The van der Waals surface area contributed by atoms with Gasteiger partial charge in [-0.25, -0.2) is 9.69 Å². The molecule has 2 rings (SSSR count). The first-order valence-electron chi connectivity index (χ1n) is 5.56. The highest BCUT2D eigenvalue weighted by Crippen LogP contribution is 2.32. The number of nitrogens with zero attached hydrogens (tertiary/aromatic N) is 2. The smallest absolute Gasteiger partial charge is 0.327 e. The fourth-order valence-electron chi connectivity index (χ4n) is 1.82. The first-order chi connectivity index (χ1) is 8.80. The van der Waals surface area contributed by atoms with Crippen molar-refractivity contribution in [2.75, 3.05) is 18.5 Å². The molecule has 1 aliphatic rings. The van der Waals surface area contributed by atoms with Gasteiger partial charge in [-0.05, 0) is 18.2 Å². The molecular formula is C12H11F3N2O2. The van der Waals surface area contributed by atoms with E-state index in [2.05, 4.69) is 0 Å². The molecule has 0 atom stereocenters. The number of hydrogen-bond acceptors (Lipinski definition) is 2. The predicted octanol–water partition coefficient (Wildman–Crippen LogP) is 2.49. The zero-order valence-corrected chi connectivity index (χ0v) is 10.1. The van der Waals surface area contributed by atoms with Crippen molar-refractivity contribution in [1.29, 1.82) is 0 Å². The minimum absolute atomic E-state index is 0.0589. The lowest BCUT2D eigenvalue weighted by atomic mass is 10.1.